The van der Waals surface area contributed by atoms with E-state index in [4.69, 9.17) is 5.26 Å². The van der Waals surface area contributed by atoms with Gasteiger partial charge in [0.1, 0.15) is 22.3 Å². The molecule has 1 atom stereocenters. The topological polar surface area (TPSA) is 78.7 Å². The molecule has 1 N–H and O–H groups in total. The summed E-state index contributed by atoms with van der Waals surface area (Å²) >= 11 is 2.92. The van der Waals surface area contributed by atoms with Crippen molar-refractivity contribution in [3.8, 4) is 6.07 Å². The fourth-order valence-electron chi connectivity index (χ4n) is 2.01. The van der Waals surface area contributed by atoms with Gasteiger partial charge in [-0.1, -0.05) is 23.9 Å². The molecule has 0 aliphatic rings. The van der Waals surface area contributed by atoms with Gasteiger partial charge in [0.15, 0.2) is 0 Å². The fourth-order valence-corrected chi connectivity index (χ4v) is 3.70. The van der Waals surface area contributed by atoms with Gasteiger partial charge >= 0.3 is 0 Å². The van der Waals surface area contributed by atoms with Crippen LogP contribution < -0.4 is 5.32 Å². The number of hydrogen-bond donors (Lipinski definition) is 1. The number of fused-ring (bicyclic) bond motifs is 1. The van der Waals surface area contributed by atoms with E-state index in [0.29, 0.717) is 11.3 Å². The highest BCUT2D eigenvalue weighted by molar-refractivity contribution is 8.00. The van der Waals surface area contributed by atoms with Crippen molar-refractivity contribution in [2.75, 3.05) is 5.32 Å². The number of carbonyl (C=O) groups excluding carboxylic acids is 1. The summed E-state index contributed by atoms with van der Waals surface area (Å²) in [4.78, 5) is 21.8. The molecular formula is C16H12N4OS2. The van der Waals surface area contributed by atoms with Gasteiger partial charge in [0.2, 0.25) is 5.91 Å². The fraction of sp³-hybridized carbons (Fsp3) is 0.125. The van der Waals surface area contributed by atoms with Crippen LogP contribution in [0.2, 0.25) is 0 Å². The maximum absolute atomic E-state index is 12.4. The first kappa shape index (κ1) is 15.5. The minimum absolute atomic E-state index is 0.167. The first-order valence-electron chi connectivity index (χ1n) is 6.84. The highest BCUT2D eigenvalue weighted by Gasteiger charge is 2.18. The minimum Gasteiger partial charge on any atom is -0.324 e. The number of nitriles is 1. The molecule has 0 saturated heterocycles. The van der Waals surface area contributed by atoms with Crippen molar-refractivity contribution in [3.05, 3.63) is 47.6 Å². The Hall–Kier alpha value is -2.43. The summed E-state index contributed by atoms with van der Waals surface area (Å²) in [5.41, 5.74) is 0.969. The lowest BCUT2D eigenvalue weighted by Gasteiger charge is -2.12. The Kier molecular flexibility index (Phi) is 4.55. The van der Waals surface area contributed by atoms with Crippen LogP contribution in [0.15, 0.2) is 47.1 Å². The maximum Gasteiger partial charge on any atom is 0.237 e. The van der Waals surface area contributed by atoms with E-state index in [0.717, 1.165) is 15.2 Å². The summed E-state index contributed by atoms with van der Waals surface area (Å²) in [7, 11) is 0. The van der Waals surface area contributed by atoms with Crippen molar-refractivity contribution in [2.45, 2.75) is 17.2 Å². The van der Waals surface area contributed by atoms with Crippen molar-refractivity contribution in [2.24, 2.45) is 0 Å². The summed E-state index contributed by atoms with van der Waals surface area (Å²) in [5.74, 6) is -0.167. The Morgan fingerprint density at radius 3 is 3.00 bits per heavy atom. The number of rotatable bonds is 4. The van der Waals surface area contributed by atoms with Crippen molar-refractivity contribution >= 4 is 44.9 Å². The molecule has 0 aliphatic carbocycles. The second kappa shape index (κ2) is 6.77. The predicted molar refractivity (Wildman–Crippen MR) is 92.5 cm³/mol. The van der Waals surface area contributed by atoms with Crippen LogP contribution in [0.3, 0.4) is 0 Å². The molecule has 0 bridgehead atoms. The average Bonchev–Trinajstić information content (AvgIpc) is 3.05. The maximum atomic E-state index is 12.4. The monoisotopic (exact) mass is 340 g/mol. The number of anilines is 1. The predicted octanol–water partition coefficient (Wildman–Crippen LogP) is 3.68. The summed E-state index contributed by atoms with van der Waals surface area (Å²) in [6, 6.07) is 11.0. The zero-order valence-electron chi connectivity index (χ0n) is 12.2. The smallest absolute Gasteiger partial charge is 0.237 e. The molecule has 0 saturated carbocycles. The molecule has 0 spiro atoms. The third-order valence-electron chi connectivity index (χ3n) is 3.19. The first-order valence-corrected chi connectivity index (χ1v) is 8.60. The molecule has 0 radical (unpaired) electrons. The Morgan fingerprint density at radius 2 is 2.17 bits per heavy atom. The Bertz CT molecular complexity index is 900. The van der Waals surface area contributed by atoms with Gasteiger partial charge in [-0.25, -0.2) is 9.97 Å². The largest absolute Gasteiger partial charge is 0.324 e. The molecular weight excluding hydrogens is 328 g/mol. The SMILES string of the molecule is C[C@H](Sc1ncnc2sccc12)C(=O)Nc1ccccc1C#N. The van der Waals surface area contributed by atoms with Crippen LogP contribution in [0.1, 0.15) is 12.5 Å². The van der Waals surface area contributed by atoms with Gasteiger partial charge in [-0.05, 0) is 30.5 Å². The number of para-hydroxylation sites is 1. The lowest BCUT2D eigenvalue weighted by Crippen LogP contribution is -2.23. The van der Waals surface area contributed by atoms with Gasteiger partial charge in [-0.2, -0.15) is 5.26 Å². The van der Waals surface area contributed by atoms with E-state index in [-0.39, 0.29) is 11.2 Å². The third kappa shape index (κ3) is 3.33. The molecule has 3 aromatic rings. The van der Waals surface area contributed by atoms with Gasteiger partial charge in [0, 0.05) is 5.39 Å². The van der Waals surface area contributed by atoms with Gasteiger partial charge in [0.25, 0.3) is 0 Å². The molecule has 1 aromatic carbocycles. The highest BCUT2D eigenvalue weighted by Crippen LogP contribution is 2.30. The van der Waals surface area contributed by atoms with Crippen LogP contribution in [-0.2, 0) is 4.79 Å². The summed E-state index contributed by atoms with van der Waals surface area (Å²) in [6.07, 6.45) is 1.51. The third-order valence-corrected chi connectivity index (χ3v) is 5.13. The van der Waals surface area contributed by atoms with Crippen LogP contribution in [0.4, 0.5) is 5.69 Å². The number of nitrogens with one attached hydrogen (secondary N) is 1. The second-order valence-corrected chi connectivity index (χ2v) is 6.95. The average molecular weight is 340 g/mol. The normalized spacial score (nSPS) is 11.8. The Balaban J connectivity index is 1.75. The van der Waals surface area contributed by atoms with Crippen LogP contribution in [-0.4, -0.2) is 21.1 Å². The highest BCUT2D eigenvalue weighted by atomic mass is 32.2. The molecule has 5 nitrogen and oxygen atoms in total. The molecule has 114 valence electrons. The molecule has 1 amide bonds. The van der Waals surface area contributed by atoms with Crippen molar-refractivity contribution in [3.63, 3.8) is 0 Å². The van der Waals surface area contributed by atoms with Crippen molar-refractivity contribution in [1.82, 2.24) is 9.97 Å². The van der Waals surface area contributed by atoms with Gasteiger partial charge < -0.3 is 5.32 Å². The molecule has 2 heterocycles. The molecule has 3 rings (SSSR count). The van der Waals surface area contributed by atoms with E-state index < -0.39 is 0 Å². The first-order chi connectivity index (χ1) is 11.2. The Morgan fingerprint density at radius 1 is 1.35 bits per heavy atom. The number of nitrogens with zero attached hydrogens (tertiary/aromatic N) is 3. The number of hydrogen-bond acceptors (Lipinski definition) is 6. The van der Waals surface area contributed by atoms with Gasteiger partial charge in [-0.3, -0.25) is 4.79 Å². The van der Waals surface area contributed by atoms with Gasteiger partial charge in [-0.15, -0.1) is 11.3 Å². The van der Waals surface area contributed by atoms with E-state index in [2.05, 4.69) is 21.4 Å². The quantitative estimate of drug-likeness (QED) is 0.579. The summed E-state index contributed by atoms with van der Waals surface area (Å²) in [6.45, 7) is 1.81. The standard InChI is InChI=1S/C16H12N4OS2/c1-10(14(21)20-13-5-3-2-4-11(13)8-17)23-16-12-6-7-22-15(12)18-9-19-16/h2-7,9-10H,1H3,(H,20,21)/t10-/m0/s1. The zero-order valence-corrected chi connectivity index (χ0v) is 13.8. The van der Waals surface area contributed by atoms with Crippen LogP contribution in [0, 0.1) is 11.3 Å². The molecule has 23 heavy (non-hydrogen) atoms. The number of benzene rings is 1. The lowest BCUT2D eigenvalue weighted by atomic mass is 10.2. The molecule has 7 heteroatoms. The van der Waals surface area contributed by atoms with Crippen LogP contribution in [0.5, 0.6) is 0 Å². The minimum atomic E-state index is -0.347. The number of aromatic nitrogens is 2. The number of carbonyl (C=O) groups is 1. The van der Waals surface area contributed by atoms with E-state index in [1.165, 1.54) is 18.1 Å². The van der Waals surface area contributed by atoms with Crippen LogP contribution >= 0.6 is 23.1 Å². The molecule has 0 unspecified atom stereocenters. The van der Waals surface area contributed by atoms with Crippen molar-refractivity contribution in [1.29, 1.82) is 5.26 Å². The number of thioether (sulfide) groups is 1. The summed E-state index contributed by atoms with van der Waals surface area (Å²) in [5, 5.41) is 15.2. The molecule has 0 fully saturated rings. The van der Waals surface area contributed by atoms with E-state index >= 15 is 0 Å². The van der Waals surface area contributed by atoms with Crippen molar-refractivity contribution < 1.29 is 4.79 Å². The van der Waals surface area contributed by atoms with Gasteiger partial charge in [0.05, 0.1) is 16.5 Å². The zero-order chi connectivity index (χ0) is 16.2. The molecule has 0 aliphatic heterocycles. The second-order valence-electron chi connectivity index (χ2n) is 4.72. The lowest BCUT2D eigenvalue weighted by molar-refractivity contribution is -0.115. The summed E-state index contributed by atoms with van der Waals surface area (Å²) < 4.78 is 0. The van der Waals surface area contributed by atoms with E-state index in [1.54, 1.807) is 35.6 Å². The number of amides is 1. The van der Waals surface area contributed by atoms with E-state index in [9.17, 15) is 4.79 Å². The number of thiophene rings is 1. The Labute approximate surface area is 141 Å². The molecule has 2 aromatic heterocycles. The van der Waals surface area contributed by atoms with E-state index in [1.807, 2.05) is 18.4 Å². The van der Waals surface area contributed by atoms with Crippen LogP contribution in [0.25, 0.3) is 10.2 Å².